The second-order valence-electron chi connectivity index (χ2n) is 6.56. The van der Waals surface area contributed by atoms with Crippen molar-refractivity contribution in [2.75, 3.05) is 7.05 Å². The van der Waals surface area contributed by atoms with Crippen LogP contribution in [0.3, 0.4) is 0 Å². The van der Waals surface area contributed by atoms with Gasteiger partial charge in [0.05, 0.1) is 6.04 Å². The molecule has 2 aliphatic rings. The zero-order valence-corrected chi connectivity index (χ0v) is 13.0. The Morgan fingerprint density at radius 1 is 1.33 bits per heavy atom. The molecule has 2 fully saturated rings. The molecule has 0 aromatic carbocycles. The quantitative estimate of drug-likeness (QED) is 0.927. The summed E-state index contributed by atoms with van der Waals surface area (Å²) < 4.78 is 0. The molecule has 1 N–H and O–H groups in total. The Balaban J connectivity index is 1.88. The fraction of sp³-hybridized carbons (Fsp3) is 0.647. The fourth-order valence-electron chi connectivity index (χ4n) is 4.19. The van der Waals surface area contributed by atoms with Crippen LogP contribution in [0.2, 0.25) is 0 Å². The molecule has 0 radical (unpaired) electrons. The van der Waals surface area contributed by atoms with Crippen molar-refractivity contribution in [1.82, 2.24) is 15.2 Å². The van der Waals surface area contributed by atoms with E-state index in [1.165, 1.54) is 18.4 Å². The van der Waals surface area contributed by atoms with Crippen molar-refractivity contribution in [3.05, 3.63) is 30.1 Å². The number of fused-ring (bicyclic) bond motifs is 1. The van der Waals surface area contributed by atoms with Gasteiger partial charge in [0.2, 0.25) is 5.91 Å². The minimum absolute atomic E-state index is 0.0440. The van der Waals surface area contributed by atoms with Crippen LogP contribution in [0.4, 0.5) is 0 Å². The van der Waals surface area contributed by atoms with Gasteiger partial charge in [0.1, 0.15) is 0 Å². The first-order chi connectivity index (χ1) is 10.2. The van der Waals surface area contributed by atoms with Crippen LogP contribution < -0.4 is 5.32 Å². The highest BCUT2D eigenvalue weighted by molar-refractivity contribution is 5.83. The van der Waals surface area contributed by atoms with Gasteiger partial charge in [-0.05, 0) is 55.8 Å². The summed E-state index contributed by atoms with van der Waals surface area (Å²) in [6.45, 7) is 2.93. The molecular weight excluding hydrogens is 262 g/mol. The molecule has 4 nitrogen and oxygen atoms in total. The Hall–Kier alpha value is -1.42. The Bertz CT molecular complexity index is 490. The molecule has 4 unspecified atom stereocenters. The van der Waals surface area contributed by atoms with E-state index >= 15 is 0 Å². The summed E-state index contributed by atoms with van der Waals surface area (Å²) in [5.41, 5.74) is 1.17. The van der Waals surface area contributed by atoms with Gasteiger partial charge in [-0.3, -0.25) is 9.78 Å². The summed E-state index contributed by atoms with van der Waals surface area (Å²) in [5.74, 6) is 1.36. The molecule has 1 amide bonds. The number of rotatable bonds is 3. The lowest BCUT2D eigenvalue weighted by Gasteiger charge is -2.32. The van der Waals surface area contributed by atoms with E-state index in [9.17, 15) is 4.79 Å². The molecule has 3 rings (SSSR count). The number of hydrogen-bond acceptors (Lipinski definition) is 3. The Morgan fingerprint density at radius 2 is 2.10 bits per heavy atom. The maximum Gasteiger partial charge on any atom is 0.240 e. The SMILES string of the molecule is CNC1C(=O)N(Cc2ccncc2)C2CCCC2CC1C. The normalized spacial score (nSPS) is 32.9. The van der Waals surface area contributed by atoms with Crippen molar-refractivity contribution in [2.24, 2.45) is 11.8 Å². The number of carbonyl (C=O) groups is 1. The molecule has 1 aromatic heterocycles. The Morgan fingerprint density at radius 3 is 2.81 bits per heavy atom. The molecule has 2 heterocycles. The largest absolute Gasteiger partial charge is 0.334 e. The number of nitrogens with zero attached hydrogens (tertiary/aromatic N) is 2. The van der Waals surface area contributed by atoms with Crippen LogP contribution in [0.5, 0.6) is 0 Å². The van der Waals surface area contributed by atoms with Gasteiger partial charge >= 0.3 is 0 Å². The predicted molar refractivity (Wildman–Crippen MR) is 82.5 cm³/mol. The van der Waals surface area contributed by atoms with Gasteiger partial charge in [-0.2, -0.15) is 0 Å². The van der Waals surface area contributed by atoms with Crippen molar-refractivity contribution in [1.29, 1.82) is 0 Å². The molecule has 114 valence electrons. The first kappa shape index (κ1) is 14.5. The lowest BCUT2D eigenvalue weighted by Crippen LogP contribution is -2.49. The number of likely N-dealkylation sites (N-methyl/N-ethyl adjacent to an activating group) is 1. The number of aromatic nitrogens is 1. The third-order valence-corrected chi connectivity index (χ3v) is 5.23. The van der Waals surface area contributed by atoms with Gasteiger partial charge in [-0.15, -0.1) is 0 Å². The van der Waals surface area contributed by atoms with E-state index in [0.717, 1.165) is 12.8 Å². The summed E-state index contributed by atoms with van der Waals surface area (Å²) in [6.07, 6.45) is 8.46. The topological polar surface area (TPSA) is 45.2 Å². The molecule has 1 aliphatic carbocycles. The fourth-order valence-corrected chi connectivity index (χ4v) is 4.19. The van der Waals surface area contributed by atoms with Crippen LogP contribution in [-0.4, -0.2) is 34.9 Å². The average molecular weight is 287 g/mol. The molecule has 0 bridgehead atoms. The van der Waals surface area contributed by atoms with Crippen LogP contribution in [0.1, 0.15) is 38.2 Å². The summed E-state index contributed by atoms with van der Waals surface area (Å²) >= 11 is 0. The van der Waals surface area contributed by atoms with Crippen LogP contribution in [-0.2, 0) is 11.3 Å². The van der Waals surface area contributed by atoms with Crippen LogP contribution in [0.25, 0.3) is 0 Å². The van der Waals surface area contributed by atoms with Gasteiger partial charge in [0, 0.05) is 25.0 Å². The minimum atomic E-state index is -0.0440. The highest BCUT2D eigenvalue weighted by Crippen LogP contribution is 2.39. The smallest absolute Gasteiger partial charge is 0.240 e. The molecule has 4 atom stereocenters. The number of nitrogens with one attached hydrogen (secondary N) is 1. The van der Waals surface area contributed by atoms with Crippen molar-refractivity contribution in [3.63, 3.8) is 0 Å². The molecule has 4 heteroatoms. The number of carbonyl (C=O) groups excluding carboxylic acids is 1. The Labute approximate surface area is 126 Å². The zero-order valence-electron chi connectivity index (χ0n) is 13.0. The first-order valence-electron chi connectivity index (χ1n) is 8.07. The third kappa shape index (κ3) is 2.82. The van der Waals surface area contributed by atoms with E-state index < -0.39 is 0 Å². The summed E-state index contributed by atoms with van der Waals surface area (Å²) in [5, 5.41) is 3.24. The molecule has 0 spiro atoms. The first-order valence-corrected chi connectivity index (χ1v) is 8.07. The standard InChI is InChI=1S/C17H25N3O/c1-12-10-14-4-3-5-15(14)20(17(21)16(12)18-2)11-13-6-8-19-9-7-13/h6-9,12,14-16,18H,3-5,10-11H2,1-2H3. The lowest BCUT2D eigenvalue weighted by molar-refractivity contribution is -0.136. The number of hydrogen-bond donors (Lipinski definition) is 1. The van der Waals surface area contributed by atoms with Crippen molar-refractivity contribution in [2.45, 2.75) is 51.2 Å². The van der Waals surface area contributed by atoms with E-state index in [4.69, 9.17) is 0 Å². The van der Waals surface area contributed by atoms with Gasteiger partial charge in [0.25, 0.3) is 0 Å². The molecular formula is C17H25N3O. The summed E-state index contributed by atoms with van der Waals surface area (Å²) in [7, 11) is 1.91. The zero-order chi connectivity index (χ0) is 14.8. The number of amides is 1. The molecule has 1 aromatic rings. The second-order valence-corrected chi connectivity index (χ2v) is 6.56. The highest BCUT2D eigenvalue weighted by Gasteiger charge is 2.42. The maximum atomic E-state index is 13.0. The Kier molecular flexibility index (Phi) is 4.24. The molecule has 21 heavy (non-hydrogen) atoms. The number of likely N-dealkylation sites (tertiary alicyclic amines) is 1. The van der Waals surface area contributed by atoms with E-state index in [1.807, 2.05) is 31.6 Å². The monoisotopic (exact) mass is 287 g/mol. The van der Waals surface area contributed by atoms with Crippen molar-refractivity contribution < 1.29 is 4.79 Å². The van der Waals surface area contributed by atoms with E-state index in [-0.39, 0.29) is 11.9 Å². The third-order valence-electron chi connectivity index (χ3n) is 5.23. The minimum Gasteiger partial charge on any atom is -0.334 e. The summed E-state index contributed by atoms with van der Waals surface area (Å²) in [4.78, 5) is 19.2. The molecule has 1 aliphatic heterocycles. The van der Waals surface area contributed by atoms with Crippen molar-refractivity contribution >= 4 is 5.91 Å². The van der Waals surface area contributed by atoms with E-state index in [2.05, 4.69) is 22.1 Å². The van der Waals surface area contributed by atoms with Gasteiger partial charge in [0.15, 0.2) is 0 Å². The van der Waals surface area contributed by atoms with E-state index in [0.29, 0.717) is 24.4 Å². The van der Waals surface area contributed by atoms with Crippen LogP contribution >= 0.6 is 0 Å². The summed E-state index contributed by atoms with van der Waals surface area (Å²) in [6, 6.07) is 4.41. The highest BCUT2D eigenvalue weighted by atomic mass is 16.2. The molecule has 1 saturated heterocycles. The predicted octanol–water partition coefficient (Wildman–Crippen LogP) is 2.21. The lowest BCUT2D eigenvalue weighted by atomic mass is 9.90. The van der Waals surface area contributed by atoms with Crippen molar-refractivity contribution in [3.8, 4) is 0 Å². The van der Waals surface area contributed by atoms with Gasteiger partial charge in [-0.25, -0.2) is 0 Å². The average Bonchev–Trinajstić information content (AvgIpc) is 2.91. The van der Waals surface area contributed by atoms with Crippen LogP contribution in [0, 0.1) is 11.8 Å². The van der Waals surface area contributed by atoms with Gasteiger partial charge < -0.3 is 10.2 Å². The van der Waals surface area contributed by atoms with Gasteiger partial charge in [-0.1, -0.05) is 13.3 Å². The van der Waals surface area contributed by atoms with E-state index in [1.54, 1.807) is 0 Å². The second kappa shape index (κ2) is 6.14. The molecule has 1 saturated carbocycles. The van der Waals surface area contributed by atoms with Crippen LogP contribution in [0.15, 0.2) is 24.5 Å². The maximum absolute atomic E-state index is 13.0. The number of pyridine rings is 1.